The number of hydrogen-bond acceptors (Lipinski definition) is 7. The number of aliphatic hydroxyl groups excluding tert-OH is 3. The van der Waals surface area contributed by atoms with E-state index >= 15 is 0 Å². The average molecular weight is 432 g/mol. The molecule has 0 spiro atoms. The molecule has 0 aliphatic carbocycles. The van der Waals surface area contributed by atoms with Crippen LogP contribution in [0.1, 0.15) is 90.9 Å². The van der Waals surface area contributed by atoms with Gasteiger partial charge in [-0.05, 0) is 6.42 Å². The first-order valence-corrected chi connectivity index (χ1v) is 11.5. The van der Waals surface area contributed by atoms with Crippen molar-refractivity contribution >= 4 is 11.9 Å². The molecular formula is C22H41NO7. The van der Waals surface area contributed by atoms with Crippen molar-refractivity contribution in [3.8, 4) is 0 Å². The van der Waals surface area contributed by atoms with Crippen molar-refractivity contribution in [2.45, 2.75) is 122 Å². The van der Waals surface area contributed by atoms with Crippen molar-refractivity contribution < 1.29 is 34.4 Å². The van der Waals surface area contributed by atoms with Crippen LogP contribution in [0.3, 0.4) is 0 Å². The molecule has 0 aromatic carbocycles. The van der Waals surface area contributed by atoms with Gasteiger partial charge in [0.1, 0.15) is 18.2 Å². The molecule has 1 saturated heterocycles. The Balaban J connectivity index is 2.28. The fourth-order valence-electron chi connectivity index (χ4n) is 3.76. The summed E-state index contributed by atoms with van der Waals surface area (Å²) in [5, 5.41) is 32.1. The van der Waals surface area contributed by atoms with Crippen LogP contribution in [0.15, 0.2) is 0 Å². The Morgan fingerprint density at radius 1 is 0.933 bits per heavy atom. The molecule has 1 heterocycles. The van der Waals surface area contributed by atoms with Gasteiger partial charge in [-0.1, -0.05) is 71.1 Å². The quantitative estimate of drug-likeness (QED) is 0.231. The van der Waals surface area contributed by atoms with Gasteiger partial charge in [-0.15, -0.1) is 0 Å². The lowest BCUT2D eigenvalue weighted by atomic mass is 9.96. The SMILES string of the molecule is CCCCCCCCCCCCCC(=O)O[C@@H]1[C@H](O)[C@@H](CO)O[C@@H](O)[C@H]1NC(C)=O. The van der Waals surface area contributed by atoms with Crippen molar-refractivity contribution in [3.05, 3.63) is 0 Å². The van der Waals surface area contributed by atoms with E-state index in [1.807, 2.05) is 0 Å². The first-order chi connectivity index (χ1) is 14.4. The highest BCUT2D eigenvalue weighted by atomic mass is 16.6. The van der Waals surface area contributed by atoms with Crippen molar-refractivity contribution in [1.29, 1.82) is 0 Å². The number of aliphatic hydroxyl groups is 3. The van der Waals surface area contributed by atoms with Gasteiger partial charge in [-0.25, -0.2) is 0 Å². The zero-order valence-corrected chi connectivity index (χ0v) is 18.6. The Bertz CT molecular complexity index is 488. The second kappa shape index (κ2) is 15.6. The summed E-state index contributed by atoms with van der Waals surface area (Å²) in [6, 6.07) is -1.10. The van der Waals surface area contributed by atoms with Gasteiger partial charge in [0.25, 0.3) is 0 Å². The molecule has 4 N–H and O–H groups in total. The maximum absolute atomic E-state index is 12.2. The molecule has 0 saturated carbocycles. The Hall–Kier alpha value is -1.22. The molecule has 8 heteroatoms. The minimum Gasteiger partial charge on any atom is -0.457 e. The minimum atomic E-state index is -1.49. The number of unbranched alkanes of at least 4 members (excludes halogenated alkanes) is 10. The molecule has 0 radical (unpaired) electrons. The summed E-state index contributed by atoms with van der Waals surface area (Å²) in [7, 11) is 0. The van der Waals surface area contributed by atoms with Gasteiger partial charge in [0, 0.05) is 13.3 Å². The van der Waals surface area contributed by atoms with Gasteiger partial charge < -0.3 is 30.1 Å². The maximum Gasteiger partial charge on any atom is 0.306 e. The van der Waals surface area contributed by atoms with E-state index < -0.39 is 49.1 Å². The number of nitrogens with one attached hydrogen (secondary N) is 1. The zero-order valence-electron chi connectivity index (χ0n) is 18.6. The second-order valence-corrected chi connectivity index (χ2v) is 8.20. The highest BCUT2D eigenvalue weighted by molar-refractivity contribution is 5.73. The van der Waals surface area contributed by atoms with Crippen LogP contribution in [0.2, 0.25) is 0 Å². The predicted octanol–water partition coefficient (Wildman–Crippen LogP) is 2.17. The first-order valence-electron chi connectivity index (χ1n) is 11.5. The smallest absolute Gasteiger partial charge is 0.306 e. The molecule has 0 aromatic heterocycles. The molecule has 5 atom stereocenters. The van der Waals surface area contributed by atoms with E-state index in [0.717, 1.165) is 19.3 Å². The fourth-order valence-corrected chi connectivity index (χ4v) is 3.76. The van der Waals surface area contributed by atoms with Gasteiger partial charge in [0.15, 0.2) is 12.4 Å². The topological polar surface area (TPSA) is 125 Å². The van der Waals surface area contributed by atoms with Crippen molar-refractivity contribution in [2.24, 2.45) is 0 Å². The Morgan fingerprint density at radius 2 is 1.47 bits per heavy atom. The monoisotopic (exact) mass is 431 g/mol. The van der Waals surface area contributed by atoms with Crippen LogP contribution in [0.25, 0.3) is 0 Å². The number of ether oxygens (including phenoxy) is 2. The number of amides is 1. The van der Waals surface area contributed by atoms with Crippen LogP contribution in [0.4, 0.5) is 0 Å². The lowest BCUT2D eigenvalue weighted by Gasteiger charge is -2.41. The Labute approximate surface area is 180 Å². The molecule has 176 valence electrons. The van der Waals surface area contributed by atoms with Crippen LogP contribution < -0.4 is 5.32 Å². The lowest BCUT2D eigenvalue weighted by Crippen LogP contribution is -2.65. The second-order valence-electron chi connectivity index (χ2n) is 8.20. The predicted molar refractivity (Wildman–Crippen MR) is 113 cm³/mol. The summed E-state index contributed by atoms with van der Waals surface area (Å²) in [5.41, 5.74) is 0. The molecule has 1 aliphatic rings. The van der Waals surface area contributed by atoms with Crippen LogP contribution >= 0.6 is 0 Å². The normalized spacial score (nSPS) is 26.4. The summed E-state index contributed by atoms with van der Waals surface area (Å²) < 4.78 is 10.5. The van der Waals surface area contributed by atoms with Gasteiger partial charge in [-0.2, -0.15) is 0 Å². The Kier molecular flexibility index (Phi) is 13.9. The number of rotatable bonds is 15. The lowest BCUT2D eigenvalue weighted by molar-refractivity contribution is -0.258. The Morgan fingerprint density at radius 3 is 1.97 bits per heavy atom. The number of hydrogen-bond donors (Lipinski definition) is 4. The van der Waals surface area contributed by atoms with Gasteiger partial charge in [0.2, 0.25) is 5.91 Å². The molecule has 1 fully saturated rings. The highest BCUT2D eigenvalue weighted by Crippen LogP contribution is 2.23. The van der Waals surface area contributed by atoms with Crippen LogP contribution in [0, 0.1) is 0 Å². The van der Waals surface area contributed by atoms with E-state index in [1.165, 1.54) is 51.9 Å². The van der Waals surface area contributed by atoms with E-state index in [1.54, 1.807) is 0 Å². The fraction of sp³-hybridized carbons (Fsp3) is 0.909. The summed E-state index contributed by atoms with van der Waals surface area (Å²) >= 11 is 0. The third-order valence-corrected chi connectivity index (χ3v) is 5.49. The van der Waals surface area contributed by atoms with Crippen molar-refractivity contribution in [3.63, 3.8) is 0 Å². The van der Waals surface area contributed by atoms with Crippen molar-refractivity contribution in [1.82, 2.24) is 5.32 Å². The summed E-state index contributed by atoms with van der Waals surface area (Å²) in [4.78, 5) is 23.6. The zero-order chi connectivity index (χ0) is 22.4. The molecule has 1 rings (SSSR count). The molecule has 0 aromatic rings. The molecule has 0 bridgehead atoms. The van der Waals surface area contributed by atoms with Gasteiger partial charge >= 0.3 is 5.97 Å². The van der Waals surface area contributed by atoms with E-state index in [0.29, 0.717) is 6.42 Å². The third-order valence-electron chi connectivity index (χ3n) is 5.49. The molecular weight excluding hydrogens is 390 g/mol. The molecule has 30 heavy (non-hydrogen) atoms. The van der Waals surface area contributed by atoms with E-state index in [-0.39, 0.29) is 6.42 Å². The van der Waals surface area contributed by atoms with Gasteiger partial charge in [0.05, 0.1) is 6.61 Å². The van der Waals surface area contributed by atoms with Crippen LogP contribution in [0.5, 0.6) is 0 Å². The number of esters is 1. The molecule has 1 aliphatic heterocycles. The molecule has 0 unspecified atom stereocenters. The third kappa shape index (κ3) is 10.2. The minimum absolute atomic E-state index is 0.202. The number of carbonyl (C=O) groups excluding carboxylic acids is 2. The van der Waals surface area contributed by atoms with E-state index in [4.69, 9.17) is 9.47 Å². The molecule has 1 amide bonds. The summed E-state index contributed by atoms with van der Waals surface area (Å²) in [6.07, 6.45) is 7.98. The highest BCUT2D eigenvalue weighted by Gasteiger charge is 2.47. The van der Waals surface area contributed by atoms with Crippen LogP contribution in [-0.4, -0.2) is 64.4 Å². The van der Waals surface area contributed by atoms with E-state index in [9.17, 15) is 24.9 Å². The summed E-state index contributed by atoms with van der Waals surface area (Å²) in [6.45, 7) is 2.93. The average Bonchev–Trinajstić information content (AvgIpc) is 2.71. The largest absolute Gasteiger partial charge is 0.457 e. The first kappa shape index (κ1) is 26.8. The van der Waals surface area contributed by atoms with E-state index in [2.05, 4.69) is 12.2 Å². The number of carbonyl (C=O) groups is 2. The standard InChI is InChI=1S/C22H41NO7/c1-3-4-5-6-7-8-9-10-11-12-13-14-18(26)30-21-19(23-16(2)25)22(28)29-17(15-24)20(21)27/h17,19-22,24,27-28H,3-15H2,1-2H3,(H,23,25)/t17-,19+,20-,21+,22-/m1/s1. The molecule has 8 nitrogen and oxygen atoms in total. The van der Waals surface area contributed by atoms with Crippen LogP contribution in [-0.2, 0) is 19.1 Å². The summed E-state index contributed by atoms with van der Waals surface area (Å²) in [5.74, 6) is -0.958. The van der Waals surface area contributed by atoms with Crippen molar-refractivity contribution in [2.75, 3.05) is 6.61 Å². The van der Waals surface area contributed by atoms with Gasteiger partial charge in [-0.3, -0.25) is 9.59 Å². The maximum atomic E-state index is 12.2.